The van der Waals surface area contributed by atoms with Gasteiger partial charge >= 0.3 is 0 Å². The van der Waals surface area contributed by atoms with Crippen molar-refractivity contribution < 1.29 is 4.39 Å². The van der Waals surface area contributed by atoms with Gasteiger partial charge in [0.05, 0.1) is 10.0 Å². The van der Waals surface area contributed by atoms with Crippen LogP contribution < -0.4 is 5.73 Å². The van der Waals surface area contributed by atoms with Crippen molar-refractivity contribution in [2.75, 3.05) is 0 Å². The molecule has 2 rings (SSSR count). The van der Waals surface area contributed by atoms with E-state index >= 15 is 0 Å². The Bertz CT molecular complexity index is 568. The van der Waals surface area contributed by atoms with Crippen LogP contribution in [0.5, 0.6) is 0 Å². The summed E-state index contributed by atoms with van der Waals surface area (Å²) in [6, 6.07) is 4.51. The zero-order valence-corrected chi connectivity index (χ0v) is 12.0. The zero-order chi connectivity index (χ0) is 13.3. The molecule has 0 aliphatic rings. The van der Waals surface area contributed by atoms with Crippen molar-refractivity contribution in [1.29, 1.82) is 0 Å². The van der Waals surface area contributed by atoms with Crippen molar-refractivity contribution >= 4 is 34.5 Å². The Morgan fingerprint density at radius 1 is 1.39 bits per heavy atom. The van der Waals surface area contributed by atoms with E-state index in [1.807, 2.05) is 12.3 Å². The molecule has 1 nitrogen and oxygen atoms in total. The minimum Gasteiger partial charge on any atom is -0.323 e. The molecular formula is C13H12Cl2FNS. The van der Waals surface area contributed by atoms with E-state index in [1.54, 1.807) is 12.1 Å². The molecule has 0 amide bonds. The fourth-order valence-corrected chi connectivity index (χ4v) is 3.17. The predicted molar refractivity (Wildman–Crippen MR) is 76.1 cm³/mol. The molecule has 5 heteroatoms. The highest BCUT2D eigenvalue weighted by molar-refractivity contribution is 7.10. The van der Waals surface area contributed by atoms with Crippen LogP contribution in [-0.4, -0.2) is 0 Å². The molecular weight excluding hydrogens is 292 g/mol. The molecule has 1 atom stereocenters. The Labute approximate surface area is 119 Å². The van der Waals surface area contributed by atoms with Crippen LogP contribution in [0.1, 0.15) is 22.0 Å². The first-order chi connectivity index (χ1) is 8.49. The third-order valence-corrected chi connectivity index (χ3v) is 4.85. The van der Waals surface area contributed by atoms with Gasteiger partial charge in [0.1, 0.15) is 5.82 Å². The van der Waals surface area contributed by atoms with Gasteiger partial charge in [0.25, 0.3) is 0 Å². The van der Waals surface area contributed by atoms with Crippen LogP contribution >= 0.6 is 34.5 Å². The highest BCUT2D eigenvalue weighted by atomic mass is 35.5. The van der Waals surface area contributed by atoms with Crippen molar-refractivity contribution in [3.63, 3.8) is 0 Å². The van der Waals surface area contributed by atoms with E-state index in [9.17, 15) is 4.39 Å². The van der Waals surface area contributed by atoms with Crippen LogP contribution in [0.4, 0.5) is 4.39 Å². The van der Waals surface area contributed by atoms with Crippen LogP contribution in [0.3, 0.4) is 0 Å². The molecule has 1 unspecified atom stereocenters. The minimum atomic E-state index is -0.421. The first-order valence-corrected chi connectivity index (χ1v) is 7.05. The van der Waals surface area contributed by atoms with Crippen LogP contribution in [0.25, 0.3) is 0 Å². The molecule has 1 heterocycles. The molecule has 18 heavy (non-hydrogen) atoms. The molecule has 0 bridgehead atoms. The first-order valence-electron chi connectivity index (χ1n) is 5.42. The monoisotopic (exact) mass is 303 g/mol. The Morgan fingerprint density at radius 3 is 2.67 bits per heavy atom. The van der Waals surface area contributed by atoms with Crippen LogP contribution in [-0.2, 0) is 6.42 Å². The largest absolute Gasteiger partial charge is 0.323 e. The van der Waals surface area contributed by atoms with E-state index < -0.39 is 5.82 Å². The molecule has 0 fully saturated rings. The van der Waals surface area contributed by atoms with Crippen molar-refractivity contribution in [3.8, 4) is 0 Å². The number of aryl methyl sites for hydroxylation is 1. The average Bonchev–Trinajstić information content (AvgIpc) is 2.65. The lowest BCUT2D eigenvalue weighted by molar-refractivity contribution is 0.623. The molecule has 0 radical (unpaired) electrons. The normalized spacial score (nSPS) is 12.7. The van der Waals surface area contributed by atoms with Gasteiger partial charge in [0.2, 0.25) is 0 Å². The Kier molecular flexibility index (Phi) is 4.28. The fourth-order valence-electron chi connectivity index (χ4n) is 1.71. The van der Waals surface area contributed by atoms with Crippen molar-refractivity contribution in [1.82, 2.24) is 0 Å². The molecule has 0 aliphatic heterocycles. The lowest BCUT2D eigenvalue weighted by atomic mass is 10.0. The van der Waals surface area contributed by atoms with E-state index in [-0.39, 0.29) is 11.1 Å². The highest BCUT2D eigenvalue weighted by Crippen LogP contribution is 2.33. The van der Waals surface area contributed by atoms with E-state index in [1.165, 1.54) is 17.4 Å². The summed E-state index contributed by atoms with van der Waals surface area (Å²) in [6.07, 6.45) is 0.535. The lowest BCUT2D eigenvalue weighted by Crippen LogP contribution is -2.12. The molecule has 0 spiro atoms. The fraction of sp³-hybridized carbons (Fsp3) is 0.231. The number of hydrogen-bond acceptors (Lipinski definition) is 2. The molecule has 96 valence electrons. The van der Waals surface area contributed by atoms with Crippen LogP contribution in [0.15, 0.2) is 23.6 Å². The maximum atomic E-state index is 13.3. The quantitative estimate of drug-likeness (QED) is 0.870. The summed E-state index contributed by atoms with van der Waals surface area (Å²) in [5.74, 6) is -0.421. The summed E-state index contributed by atoms with van der Waals surface area (Å²) in [5.41, 5.74) is 7.93. The second-order valence-corrected chi connectivity index (χ2v) is 5.85. The van der Waals surface area contributed by atoms with Gasteiger partial charge in [-0.3, -0.25) is 0 Å². The summed E-state index contributed by atoms with van der Waals surface area (Å²) >= 11 is 13.3. The maximum absolute atomic E-state index is 13.3. The third-order valence-electron chi connectivity index (χ3n) is 2.70. The molecule has 0 saturated heterocycles. The summed E-state index contributed by atoms with van der Waals surface area (Å²) in [5, 5.41) is 2.80. The Balaban J connectivity index is 2.18. The van der Waals surface area contributed by atoms with Gasteiger partial charge in [0.15, 0.2) is 0 Å². The third kappa shape index (κ3) is 2.86. The summed E-state index contributed by atoms with van der Waals surface area (Å²) < 4.78 is 13.3. The van der Waals surface area contributed by atoms with Gasteiger partial charge in [-0.05, 0) is 42.0 Å². The van der Waals surface area contributed by atoms with Crippen LogP contribution in [0, 0.1) is 12.7 Å². The van der Waals surface area contributed by atoms with Crippen molar-refractivity contribution in [2.45, 2.75) is 19.4 Å². The first kappa shape index (κ1) is 13.8. The van der Waals surface area contributed by atoms with Gasteiger partial charge in [-0.25, -0.2) is 4.39 Å². The van der Waals surface area contributed by atoms with Crippen LogP contribution in [0.2, 0.25) is 10.0 Å². The zero-order valence-electron chi connectivity index (χ0n) is 9.71. The van der Waals surface area contributed by atoms with Crippen molar-refractivity contribution in [3.05, 3.63) is 55.4 Å². The molecule has 0 saturated carbocycles. The van der Waals surface area contributed by atoms with Gasteiger partial charge in [-0.1, -0.05) is 29.3 Å². The maximum Gasteiger partial charge on any atom is 0.142 e. The van der Waals surface area contributed by atoms with Crippen molar-refractivity contribution in [2.24, 2.45) is 5.73 Å². The second-order valence-electron chi connectivity index (χ2n) is 4.16. The smallest absolute Gasteiger partial charge is 0.142 e. The summed E-state index contributed by atoms with van der Waals surface area (Å²) in [4.78, 5) is 0.935. The standard InChI is InChI=1S/C13H12Cl2FNS/c1-7-6-18-13(12(7)15)11(17)5-8-2-3-9(14)10(16)4-8/h2-4,6,11H,5,17H2,1H3. The molecule has 0 aliphatic carbocycles. The molecule has 2 aromatic rings. The summed E-state index contributed by atoms with van der Waals surface area (Å²) in [7, 11) is 0. The number of nitrogens with two attached hydrogens (primary N) is 1. The van der Waals surface area contributed by atoms with E-state index in [0.29, 0.717) is 11.4 Å². The summed E-state index contributed by atoms with van der Waals surface area (Å²) in [6.45, 7) is 1.94. The van der Waals surface area contributed by atoms with Gasteiger partial charge < -0.3 is 5.73 Å². The lowest BCUT2D eigenvalue weighted by Gasteiger charge is -2.11. The highest BCUT2D eigenvalue weighted by Gasteiger charge is 2.15. The minimum absolute atomic E-state index is 0.123. The SMILES string of the molecule is Cc1csc(C(N)Cc2ccc(Cl)c(F)c2)c1Cl. The van der Waals surface area contributed by atoms with Gasteiger partial charge in [0, 0.05) is 10.9 Å². The van der Waals surface area contributed by atoms with E-state index in [4.69, 9.17) is 28.9 Å². The van der Waals surface area contributed by atoms with Gasteiger partial charge in [-0.15, -0.1) is 11.3 Å². The topological polar surface area (TPSA) is 26.0 Å². The van der Waals surface area contributed by atoms with E-state index in [2.05, 4.69) is 0 Å². The molecule has 1 aromatic carbocycles. The number of rotatable bonds is 3. The predicted octanol–water partition coefficient (Wildman–Crippen LogP) is 4.74. The average molecular weight is 304 g/mol. The number of hydrogen-bond donors (Lipinski definition) is 1. The Hall–Kier alpha value is -0.610. The molecule has 1 aromatic heterocycles. The van der Waals surface area contributed by atoms with E-state index in [0.717, 1.165) is 16.0 Å². The number of halogens is 3. The number of benzene rings is 1. The number of thiophene rings is 1. The molecule has 2 N–H and O–H groups in total. The Morgan fingerprint density at radius 2 is 2.11 bits per heavy atom. The van der Waals surface area contributed by atoms with Gasteiger partial charge in [-0.2, -0.15) is 0 Å². The second kappa shape index (κ2) is 5.57.